The van der Waals surface area contributed by atoms with Crippen LogP contribution < -0.4 is 16.2 Å². The predicted octanol–water partition coefficient (Wildman–Crippen LogP) is 4.77. The molecule has 10 heteroatoms. The van der Waals surface area contributed by atoms with Gasteiger partial charge in [0.2, 0.25) is 11.4 Å². The summed E-state index contributed by atoms with van der Waals surface area (Å²) in [6.07, 6.45) is 2.35. The second-order valence-electron chi connectivity index (χ2n) is 11.1. The smallest absolute Gasteiger partial charge is 0.248 e. The molecule has 0 radical (unpaired) electrons. The maximum atomic E-state index is 11.9. The lowest BCUT2D eigenvalue weighted by atomic mass is 9.86. The average molecular weight is 637 g/mol. The van der Waals surface area contributed by atoms with E-state index in [1.807, 2.05) is 60.7 Å². The van der Waals surface area contributed by atoms with E-state index in [4.69, 9.17) is 4.42 Å². The monoisotopic (exact) mass is 636 g/mol. The fourth-order valence-corrected chi connectivity index (χ4v) is 6.53. The van der Waals surface area contributed by atoms with E-state index in [0.29, 0.717) is 59.4 Å². The molecule has 0 aliphatic heterocycles. The number of aliphatic hydroxyl groups excluding tert-OH is 1. The number of oxazole rings is 1. The molecule has 0 aliphatic rings. The number of pyridine rings is 1. The molecule has 6 aromatic rings. The molecule has 6 rings (SSSR count). The van der Waals surface area contributed by atoms with E-state index in [-0.39, 0.29) is 17.2 Å². The molecule has 0 aliphatic carbocycles. The van der Waals surface area contributed by atoms with Crippen molar-refractivity contribution in [3.8, 4) is 5.75 Å². The topological polar surface area (TPSA) is 144 Å². The molecule has 1 atom stereocenters. The van der Waals surface area contributed by atoms with Crippen molar-refractivity contribution in [1.82, 2.24) is 20.6 Å². The van der Waals surface area contributed by atoms with Crippen LogP contribution in [0.2, 0.25) is 0 Å². The quantitative estimate of drug-likeness (QED) is 0.0940. The van der Waals surface area contributed by atoms with Crippen LogP contribution >= 0.6 is 11.3 Å². The maximum Gasteiger partial charge on any atom is 0.248 e. The molecule has 46 heavy (non-hydrogen) atoms. The van der Waals surface area contributed by atoms with Crippen LogP contribution in [0.15, 0.2) is 112 Å². The lowest BCUT2D eigenvalue weighted by Crippen LogP contribution is -2.29. The number of aromatic hydroxyl groups is 1. The lowest BCUT2D eigenvalue weighted by Gasteiger charge is -2.26. The Hall–Kier alpha value is -4.58. The van der Waals surface area contributed by atoms with Gasteiger partial charge in [-0.1, -0.05) is 66.7 Å². The number of aliphatic hydroxyl groups is 2. The first kappa shape index (κ1) is 31.4. The van der Waals surface area contributed by atoms with Gasteiger partial charge < -0.3 is 35.4 Å². The van der Waals surface area contributed by atoms with E-state index in [1.165, 1.54) is 21.9 Å². The minimum absolute atomic E-state index is 0.0258. The highest BCUT2D eigenvalue weighted by Gasteiger charge is 2.38. The highest BCUT2D eigenvalue weighted by Crippen LogP contribution is 2.36. The van der Waals surface area contributed by atoms with Crippen molar-refractivity contribution < 1.29 is 19.7 Å². The van der Waals surface area contributed by atoms with Crippen LogP contribution in [0.5, 0.6) is 5.75 Å². The Kier molecular flexibility index (Phi) is 9.72. The van der Waals surface area contributed by atoms with Crippen molar-refractivity contribution in [3.63, 3.8) is 0 Å². The summed E-state index contributed by atoms with van der Waals surface area (Å²) in [6.45, 7) is 2.46. The number of phenols is 1. The van der Waals surface area contributed by atoms with Crippen LogP contribution in [0.3, 0.4) is 0 Å². The SMILES string of the molecule is O=c1ccc2c(C(O)CNCCc3ccc(CNCCc4cnc(C(O)(c5ccccc5)c5ccccc5)o4)s3)ccc(O)c2[nH]1. The van der Waals surface area contributed by atoms with Gasteiger partial charge in [0.1, 0.15) is 11.5 Å². The van der Waals surface area contributed by atoms with Gasteiger partial charge in [-0.25, -0.2) is 4.98 Å². The standard InChI is InChI=1S/C36H36N4O5S/c41-31-15-13-29(30-14-16-33(43)40-34(30)31)32(42)23-38-20-18-27-11-12-28(46-27)22-37-19-17-26-21-39-35(45-26)36(44,24-7-3-1-4-8-24)25-9-5-2-6-10-25/h1-16,21,32,37-38,41-42,44H,17-20,22-23H2,(H,40,43). The minimum atomic E-state index is -1.49. The molecule has 0 amide bonds. The van der Waals surface area contributed by atoms with Crippen molar-refractivity contribution in [2.24, 2.45) is 0 Å². The fraction of sp³-hybridized carbons (Fsp3) is 0.222. The lowest BCUT2D eigenvalue weighted by molar-refractivity contribution is 0.0913. The summed E-state index contributed by atoms with van der Waals surface area (Å²) in [5.74, 6) is 0.917. The molecule has 236 valence electrons. The van der Waals surface area contributed by atoms with Crippen LogP contribution in [0.25, 0.3) is 10.9 Å². The van der Waals surface area contributed by atoms with Gasteiger partial charge in [0.05, 0.1) is 17.8 Å². The summed E-state index contributed by atoms with van der Waals surface area (Å²) >= 11 is 1.75. The molecule has 9 nitrogen and oxygen atoms in total. The summed E-state index contributed by atoms with van der Waals surface area (Å²) in [6, 6.07) is 29.3. The second-order valence-corrected chi connectivity index (χ2v) is 12.4. The van der Waals surface area contributed by atoms with E-state index >= 15 is 0 Å². The number of aromatic nitrogens is 2. The predicted molar refractivity (Wildman–Crippen MR) is 179 cm³/mol. The van der Waals surface area contributed by atoms with Crippen molar-refractivity contribution in [3.05, 3.63) is 152 Å². The zero-order chi connectivity index (χ0) is 31.9. The third-order valence-corrected chi connectivity index (χ3v) is 9.11. The fourth-order valence-electron chi connectivity index (χ4n) is 5.55. The first-order chi connectivity index (χ1) is 22.4. The number of hydrogen-bond donors (Lipinski definition) is 6. The molecule has 0 spiro atoms. The largest absolute Gasteiger partial charge is 0.506 e. The van der Waals surface area contributed by atoms with Crippen molar-refractivity contribution >= 4 is 22.2 Å². The Balaban J connectivity index is 0.966. The first-order valence-corrected chi connectivity index (χ1v) is 16.0. The number of nitrogens with zero attached hydrogens (tertiary/aromatic N) is 1. The Bertz CT molecular complexity index is 1900. The molecule has 0 fully saturated rings. The van der Waals surface area contributed by atoms with E-state index in [9.17, 15) is 20.1 Å². The molecular formula is C36H36N4O5S. The third-order valence-electron chi connectivity index (χ3n) is 7.96. The molecule has 0 saturated heterocycles. The van der Waals surface area contributed by atoms with Crippen molar-refractivity contribution in [2.45, 2.75) is 31.1 Å². The molecule has 3 aromatic heterocycles. The van der Waals surface area contributed by atoms with Crippen molar-refractivity contribution in [1.29, 1.82) is 0 Å². The molecule has 3 aromatic carbocycles. The number of aromatic amines is 1. The van der Waals surface area contributed by atoms with E-state index < -0.39 is 11.7 Å². The van der Waals surface area contributed by atoms with E-state index in [0.717, 1.165) is 13.0 Å². The average Bonchev–Trinajstić information content (AvgIpc) is 3.76. The van der Waals surface area contributed by atoms with Gasteiger partial charge in [-0.3, -0.25) is 4.79 Å². The maximum absolute atomic E-state index is 11.9. The van der Waals surface area contributed by atoms with Gasteiger partial charge in [-0.2, -0.15) is 0 Å². The van der Waals surface area contributed by atoms with Gasteiger partial charge in [0, 0.05) is 53.8 Å². The van der Waals surface area contributed by atoms with Crippen molar-refractivity contribution in [2.75, 3.05) is 19.6 Å². The van der Waals surface area contributed by atoms with Gasteiger partial charge >= 0.3 is 0 Å². The normalized spacial score (nSPS) is 12.5. The number of fused-ring (bicyclic) bond motifs is 1. The molecule has 0 saturated carbocycles. The Morgan fingerprint density at radius 3 is 2.28 bits per heavy atom. The van der Waals surface area contributed by atoms with Crippen LogP contribution in [0.4, 0.5) is 0 Å². The number of benzene rings is 3. The zero-order valence-corrected chi connectivity index (χ0v) is 26.0. The first-order valence-electron chi connectivity index (χ1n) is 15.2. The van der Waals surface area contributed by atoms with Crippen LogP contribution in [-0.4, -0.2) is 44.9 Å². The van der Waals surface area contributed by atoms with Gasteiger partial charge in [0.15, 0.2) is 5.60 Å². The second kappa shape index (κ2) is 14.2. The molecule has 0 bridgehead atoms. The van der Waals surface area contributed by atoms with Gasteiger partial charge in [-0.15, -0.1) is 11.3 Å². The Morgan fingerprint density at radius 2 is 1.54 bits per heavy atom. The number of H-pyrrole nitrogens is 1. The Morgan fingerprint density at radius 1 is 0.848 bits per heavy atom. The highest BCUT2D eigenvalue weighted by molar-refractivity contribution is 7.11. The molecule has 6 N–H and O–H groups in total. The molecule has 3 heterocycles. The summed E-state index contributed by atoms with van der Waals surface area (Å²) in [5.41, 5.74) is 0.558. The third kappa shape index (κ3) is 6.96. The number of nitrogens with one attached hydrogen (secondary N) is 3. The summed E-state index contributed by atoms with van der Waals surface area (Å²) in [7, 11) is 0. The number of hydrogen-bond acceptors (Lipinski definition) is 9. The number of rotatable bonds is 14. The highest BCUT2D eigenvalue weighted by atomic mass is 32.1. The zero-order valence-electron chi connectivity index (χ0n) is 25.1. The number of phenolic OH excluding ortho intramolecular Hbond substituents is 1. The number of thiophene rings is 1. The van der Waals surface area contributed by atoms with E-state index in [1.54, 1.807) is 29.7 Å². The Labute approximate surface area is 270 Å². The van der Waals surface area contributed by atoms with Crippen LogP contribution in [-0.2, 0) is 25.0 Å². The molecular weight excluding hydrogens is 600 g/mol. The molecule has 1 unspecified atom stereocenters. The van der Waals surface area contributed by atoms with Gasteiger partial charge in [0.25, 0.3) is 0 Å². The minimum Gasteiger partial charge on any atom is -0.506 e. The summed E-state index contributed by atoms with van der Waals surface area (Å²) in [5, 5.41) is 40.1. The van der Waals surface area contributed by atoms with E-state index in [2.05, 4.69) is 32.7 Å². The summed E-state index contributed by atoms with van der Waals surface area (Å²) in [4.78, 5) is 21.2. The van der Waals surface area contributed by atoms with Crippen LogP contribution in [0.1, 0.15) is 44.2 Å². The summed E-state index contributed by atoms with van der Waals surface area (Å²) < 4.78 is 6.10. The van der Waals surface area contributed by atoms with Gasteiger partial charge in [-0.05, 0) is 47.4 Å². The van der Waals surface area contributed by atoms with Crippen LogP contribution in [0, 0.1) is 0 Å².